The van der Waals surface area contributed by atoms with Gasteiger partial charge in [-0.3, -0.25) is 4.79 Å². The third-order valence-corrected chi connectivity index (χ3v) is 4.68. The summed E-state index contributed by atoms with van der Waals surface area (Å²) in [6, 6.07) is 7.81. The number of anilines is 1. The molecular formula is C19H24ClN5O2. The molecule has 1 fully saturated rings. The average molecular weight is 390 g/mol. The molecule has 1 amide bonds. The highest BCUT2D eigenvalue weighted by Crippen LogP contribution is 2.17. The molecule has 2 heterocycles. The molecule has 0 saturated carbocycles. The van der Waals surface area contributed by atoms with Gasteiger partial charge in [-0.1, -0.05) is 23.7 Å². The first-order chi connectivity index (χ1) is 13.1. The Morgan fingerprint density at radius 2 is 2.04 bits per heavy atom. The Bertz CT molecular complexity index is 780. The second-order valence-corrected chi connectivity index (χ2v) is 6.93. The van der Waals surface area contributed by atoms with Gasteiger partial charge >= 0.3 is 6.01 Å². The zero-order valence-electron chi connectivity index (χ0n) is 15.4. The molecule has 0 unspecified atom stereocenters. The van der Waals surface area contributed by atoms with Gasteiger partial charge in [0.15, 0.2) is 5.82 Å². The standard InChI is InChI=1S/C19H24ClN5O2/c1-27-19-23-16(22-18(24-19)25-10-3-2-4-11-25)13-21-17(26)9-8-14-6-5-7-15(20)12-14/h5-7,12H,2-4,8-11,13H2,1H3,(H,21,26). The summed E-state index contributed by atoms with van der Waals surface area (Å²) in [6.45, 7) is 2.10. The molecular weight excluding hydrogens is 366 g/mol. The van der Waals surface area contributed by atoms with Gasteiger partial charge in [0.05, 0.1) is 13.7 Å². The van der Waals surface area contributed by atoms with Crippen LogP contribution in [-0.4, -0.2) is 41.1 Å². The van der Waals surface area contributed by atoms with Crippen LogP contribution in [0.5, 0.6) is 6.01 Å². The van der Waals surface area contributed by atoms with Gasteiger partial charge in [0, 0.05) is 24.5 Å². The van der Waals surface area contributed by atoms with Gasteiger partial charge in [-0.25, -0.2) is 0 Å². The summed E-state index contributed by atoms with van der Waals surface area (Å²) in [5.41, 5.74) is 1.03. The Kier molecular flexibility index (Phi) is 6.81. The van der Waals surface area contributed by atoms with Gasteiger partial charge in [-0.15, -0.1) is 0 Å². The van der Waals surface area contributed by atoms with Crippen molar-refractivity contribution in [3.05, 3.63) is 40.7 Å². The summed E-state index contributed by atoms with van der Waals surface area (Å²) in [5.74, 6) is 1.05. The molecule has 0 atom stereocenters. The summed E-state index contributed by atoms with van der Waals surface area (Å²) in [5, 5.41) is 3.54. The first-order valence-corrected chi connectivity index (χ1v) is 9.57. The lowest BCUT2D eigenvalue weighted by Crippen LogP contribution is -2.32. The predicted molar refractivity (Wildman–Crippen MR) is 104 cm³/mol. The maximum Gasteiger partial charge on any atom is 0.321 e. The number of benzene rings is 1. The topological polar surface area (TPSA) is 80.2 Å². The lowest BCUT2D eigenvalue weighted by molar-refractivity contribution is -0.121. The van der Waals surface area contributed by atoms with Crippen LogP contribution in [0, 0.1) is 0 Å². The Labute approximate surface area is 164 Å². The molecule has 7 nitrogen and oxygen atoms in total. The number of hydrogen-bond donors (Lipinski definition) is 1. The zero-order valence-corrected chi connectivity index (χ0v) is 16.2. The number of aromatic nitrogens is 3. The summed E-state index contributed by atoms with van der Waals surface area (Å²) in [6.07, 6.45) is 4.49. The molecule has 0 aliphatic carbocycles. The molecule has 0 spiro atoms. The van der Waals surface area contributed by atoms with Gasteiger partial charge in [0.25, 0.3) is 0 Å². The van der Waals surface area contributed by atoms with Crippen molar-refractivity contribution < 1.29 is 9.53 Å². The number of rotatable bonds is 7. The number of ether oxygens (including phenoxy) is 1. The number of halogens is 1. The molecule has 1 aromatic carbocycles. The Hall–Kier alpha value is -2.41. The highest BCUT2D eigenvalue weighted by molar-refractivity contribution is 6.30. The van der Waals surface area contributed by atoms with E-state index < -0.39 is 0 Å². The third kappa shape index (κ3) is 5.79. The second-order valence-electron chi connectivity index (χ2n) is 6.49. The van der Waals surface area contributed by atoms with E-state index in [1.807, 2.05) is 24.3 Å². The van der Waals surface area contributed by atoms with E-state index in [4.69, 9.17) is 16.3 Å². The van der Waals surface area contributed by atoms with Crippen molar-refractivity contribution in [1.82, 2.24) is 20.3 Å². The monoisotopic (exact) mass is 389 g/mol. The summed E-state index contributed by atoms with van der Waals surface area (Å²) in [4.78, 5) is 27.4. The molecule has 2 aromatic rings. The van der Waals surface area contributed by atoms with Crippen molar-refractivity contribution in [2.45, 2.75) is 38.6 Å². The average Bonchev–Trinajstić information content (AvgIpc) is 2.71. The predicted octanol–water partition coefficient (Wildman–Crippen LogP) is 2.77. The number of carbonyl (C=O) groups is 1. The highest BCUT2D eigenvalue weighted by Gasteiger charge is 2.16. The van der Waals surface area contributed by atoms with E-state index in [0.717, 1.165) is 31.5 Å². The molecule has 8 heteroatoms. The number of amides is 1. The largest absolute Gasteiger partial charge is 0.467 e. The van der Waals surface area contributed by atoms with Crippen molar-refractivity contribution in [2.75, 3.05) is 25.1 Å². The smallest absolute Gasteiger partial charge is 0.321 e. The fourth-order valence-electron chi connectivity index (χ4n) is 3.01. The molecule has 27 heavy (non-hydrogen) atoms. The number of methoxy groups -OCH3 is 1. The van der Waals surface area contributed by atoms with Crippen LogP contribution in [0.4, 0.5) is 5.95 Å². The number of aryl methyl sites for hydroxylation is 1. The quantitative estimate of drug-likeness (QED) is 0.784. The SMILES string of the molecule is COc1nc(CNC(=O)CCc2cccc(Cl)c2)nc(N2CCCCC2)n1. The highest BCUT2D eigenvalue weighted by atomic mass is 35.5. The van der Waals surface area contributed by atoms with Crippen molar-refractivity contribution in [3.8, 4) is 6.01 Å². The van der Waals surface area contributed by atoms with Crippen LogP contribution in [0.15, 0.2) is 24.3 Å². The van der Waals surface area contributed by atoms with Gasteiger partial charge in [0.1, 0.15) is 0 Å². The normalized spacial score (nSPS) is 14.1. The Morgan fingerprint density at radius 1 is 1.22 bits per heavy atom. The lowest BCUT2D eigenvalue weighted by atomic mass is 10.1. The van der Waals surface area contributed by atoms with Crippen LogP contribution in [0.25, 0.3) is 0 Å². The Balaban J connectivity index is 1.56. The van der Waals surface area contributed by atoms with E-state index in [1.165, 1.54) is 13.5 Å². The fraction of sp³-hybridized carbons (Fsp3) is 0.474. The van der Waals surface area contributed by atoms with Crippen LogP contribution in [0.2, 0.25) is 5.02 Å². The summed E-state index contributed by atoms with van der Waals surface area (Å²) in [7, 11) is 1.53. The molecule has 1 N–H and O–H groups in total. The minimum Gasteiger partial charge on any atom is -0.467 e. The Morgan fingerprint density at radius 3 is 2.78 bits per heavy atom. The number of hydrogen-bond acceptors (Lipinski definition) is 6. The van der Waals surface area contributed by atoms with Crippen molar-refractivity contribution in [3.63, 3.8) is 0 Å². The first-order valence-electron chi connectivity index (χ1n) is 9.19. The molecule has 1 aliphatic heterocycles. The lowest BCUT2D eigenvalue weighted by Gasteiger charge is -2.26. The van der Waals surface area contributed by atoms with E-state index >= 15 is 0 Å². The summed E-state index contributed by atoms with van der Waals surface area (Å²) < 4.78 is 5.20. The van der Waals surface area contributed by atoms with Crippen LogP contribution >= 0.6 is 11.6 Å². The minimum atomic E-state index is -0.0612. The number of piperidine rings is 1. The van der Waals surface area contributed by atoms with E-state index in [-0.39, 0.29) is 18.5 Å². The molecule has 1 saturated heterocycles. The van der Waals surface area contributed by atoms with Crippen LogP contribution < -0.4 is 15.0 Å². The van der Waals surface area contributed by atoms with Crippen molar-refractivity contribution in [1.29, 1.82) is 0 Å². The van der Waals surface area contributed by atoms with Crippen LogP contribution in [0.3, 0.4) is 0 Å². The zero-order chi connectivity index (χ0) is 19.1. The van der Waals surface area contributed by atoms with E-state index in [0.29, 0.717) is 29.6 Å². The first kappa shape index (κ1) is 19.4. The molecule has 3 rings (SSSR count). The summed E-state index contributed by atoms with van der Waals surface area (Å²) >= 11 is 5.97. The molecule has 1 aromatic heterocycles. The molecule has 0 bridgehead atoms. The maximum absolute atomic E-state index is 12.2. The van der Waals surface area contributed by atoms with Crippen LogP contribution in [-0.2, 0) is 17.8 Å². The van der Waals surface area contributed by atoms with E-state index in [9.17, 15) is 4.79 Å². The van der Waals surface area contributed by atoms with Gasteiger partial charge in [0.2, 0.25) is 11.9 Å². The molecule has 1 aliphatic rings. The minimum absolute atomic E-state index is 0.0612. The van der Waals surface area contributed by atoms with Crippen LogP contribution in [0.1, 0.15) is 37.1 Å². The van der Waals surface area contributed by atoms with Gasteiger partial charge < -0.3 is 15.0 Å². The fourth-order valence-corrected chi connectivity index (χ4v) is 3.22. The van der Waals surface area contributed by atoms with Crippen molar-refractivity contribution in [2.24, 2.45) is 0 Å². The molecule has 144 valence electrons. The van der Waals surface area contributed by atoms with Crippen molar-refractivity contribution >= 4 is 23.5 Å². The maximum atomic E-state index is 12.2. The van der Waals surface area contributed by atoms with Gasteiger partial charge in [-0.05, 0) is 43.4 Å². The second kappa shape index (κ2) is 9.50. The third-order valence-electron chi connectivity index (χ3n) is 4.44. The van der Waals surface area contributed by atoms with E-state index in [2.05, 4.69) is 25.2 Å². The molecule has 0 radical (unpaired) electrons. The van der Waals surface area contributed by atoms with Gasteiger partial charge in [-0.2, -0.15) is 15.0 Å². The number of carbonyl (C=O) groups excluding carboxylic acids is 1. The van der Waals surface area contributed by atoms with E-state index in [1.54, 1.807) is 0 Å². The number of nitrogens with zero attached hydrogens (tertiary/aromatic N) is 4. The number of nitrogens with one attached hydrogen (secondary N) is 1.